The number of nitrogens with zero attached hydrogens (tertiary/aromatic N) is 2. The molecule has 122 valence electrons. The van der Waals surface area contributed by atoms with Crippen molar-refractivity contribution < 1.29 is 0 Å². The predicted octanol–water partition coefficient (Wildman–Crippen LogP) is 3.86. The van der Waals surface area contributed by atoms with Crippen LogP contribution in [0, 0.1) is 23.7 Å². The van der Waals surface area contributed by atoms with Gasteiger partial charge in [0.05, 0.1) is 6.17 Å². The average Bonchev–Trinajstić information content (AvgIpc) is 3.05. The van der Waals surface area contributed by atoms with Crippen molar-refractivity contribution in [2.24, 2.45) is 39.4 Å². The monoisotopic (exact) mass is 329 g/mol. The highest BCUT2D eigenvalue weighted by Crippen LogP contribution is 2.41. The molecule has 2 aliphatic carbocycles. The van der Waals surface area contributed by atoms with Gasteiger partial charge in [-0.15, -0.1) is 0 Å². The number of hydrogen-bond acceptors (Lipinski definition) is 3. The number of hydrogen-bond donors (Lipinski definition) is 1. The van der Waals surface area contributed by atoms with Crippen LogP contribution in [-0.2, 0) is 0 Å². The molecule has 4 rings (SSSR count). The topological polar surface area (TPSA) is 50.7 Å². The number of allylic oxidation sites excluding steroid dienone is 6. The molecule has 0 amide bonds. The van der Waals surface area contributed by atoms with Crippen LogP contribution in [0.1, 0.15) is 32.1 Å². The van der Waals surface area contributed by atoms with Crippen molar-refractivity contribution in [3.8, 4) is 0 Å². The van der Waals surface area contributed by atoms with Crippen LogP contribution < -0.4 is 5.73 Å². The molecule has 5 atom stereocenters. The molecule has 4 heteroatoms. The third kappa shape index (κ3) is 2.97. The van der Waals surface area contributed by atoms with Gasteiger partial charge in [0.15, 0.2) is 0 Å². The molecule has 0 aromatic carbocycles. The molecule has 0 saturated heterocycles. The van der Waals surface area contributed by atoms with Crippen LogP contribution in [0.15, 0.2) is 44.9 Å². The van der Waals surface area contributed by atoms with Gasteiger partial charge in [0.25, 0.3) is 0 Å². The van der Waals surface area contributed by atoms with E-state index < -0.39 is 0 Å². The van der Waals surface area contributed by atoms with E-state index in [-0.39, 0.29) is 6.17 Å². The van der Waals surface area contributed by atoms with Gasteiger partial charge in [-0.05, 0) is 43.1 Å². The Bertz CT molecular complexity index is 629. The largest absolute Gasteiger partial charge is 0.310 e. The molecule has 23 heavy (non-hydrogen) atoms. The van der Waals surface area contributed by atoms with E-state index in [1.165, 1.54) is 11.3 Å². The summed E-state index contributed by atoms with van der Waals surface area (Å²) in [6, 6.07) is 0. The molecule has 0 saturated carbocycles. The quantitative estimate of drug-likeness (QED) is 0.768. The van der Waals surface area contributed by atoms with E-state index in [2.05, 4.69) is 29.3 Å². The standard InChI is InChI=1S/C19H24ClN3/c20-15-3-1-2-14(10-15)18-16(7-9-22-18)13-5-4-12-6-8-23-19(21)17(12)11-13/h2-5,8,12-13,16-17,19H,1,6-7,9-11,21H2. The molecule has 0 aromatic heterocycles. The molecule has 4 aliphatic rings. The van der Waals surface area contributed by atoms with Crippen LogP contribution in [0.4, 0.5) is 0 Å². The van der Waals surface area contributed by atoms with Crippen LogP contribution in [0.3, 0.4) is 0 Å². The Morgan fingerprint density at radius 2 is 2.04 bits per heavy atom. The van der Waals surface area contributed by atoms with Gasteiger partial charge in [0, 0.05) is 41.8 Å². The summed E-state index contributed by atoms with van der Waals surface area (Å²) in [6.07, 6.45) is 16.3. The first kappa shape index (κ1) is 15.3. The molecule has 2 N–H and O–H groups in total. The molecule has 2 aliphatic heterocycles. The van der Waals surface area contributed by atoms with Gasteiger partial charge in [-0.3, -0.25) is 9.98 Å². The van der Waals surface area contributed by atoms with Crippen molar-refractivity contribution in [2.45, 2.75) is 38.3 Å². The molecule has 0 aromatic rings. The summed E-state index contributed by atoms with van der Waals surface area (Å²) in [5, 5.41) is 0.957. The molecule has 0 fully saturated rings. The van der Waals surface area contributed by atoms with Gasteiger partial charge in [0.1, 0.15) is 0 Å². The summed E-state index contributed by atoms with van der Waals surface area (Å²) in [5.41, 5.74) is 8.90. The third-order valence-electron chi connectivity index (χ3n) is 5.78. The SMILES string of the molecule is NC1N=CCC2C=CC(C3CCN=C3C3=CCC=C(Cl)C3)CC21. The Morgan fingerprint density at radius 1 is 1.17 bits per heavy atom. The van der Waals surface area contributed by atoms with E-state index in [9.17, 15) is 0 Å². The maximum Gasteiger partial charge on any atom is 0.0999 e. The fraction of sp³-hybridized carbons (Fsp3) is 0.579. The molecule has 5 unspecified atom stereocenters. The summed E-state index contributed by atoms with van der Waals surface area (Å²) in [7, 11) is 0. The first-order chi connectivity index (χ1) is 11.2. The maximum absolute atomic E-state index is 6.25. The normalized spacial score (nSPS) is 39.6. The number of fused-ring (bicyclic) bond motifs is 1. The second kappa shape index (κ2) is 6.37. The summed E-state index contributed by atoms with van der Waals surface area (Å²) in [5.74, 6) is 2.13. The maximum atomic E-state index is 6.25. The fourth-order valence-corrected chi connectivity index (χ4v) is 4.77. The van der Waals surface area contributed by atoms with Gasteiger partial charge >= 0.3 is 0 Å². The van der Waals surface area contributed by atoms with Crippen molar-refractivity contribution >= 4 is 23.5 Å². The van der Waals surface area contributed by atoms with E-state index in [4.69, 9.17) is 22.3 Å². The fourth-order valence-electron chi connectivity index (χ4n) is 4.54. The average molecular weight is 330 g/mol. The lowest BCUT2D eigenvalue weighted by Gasteiger charge is -2.38. The minimum absolute atomic E-state index is 0.0331. The van der Waals surface area contributed by atoms with Gasteiger partial charge in [-0.25, -0.2) is 0 Å². The zero-order valence-corrected chi connectivity index (χ0v) is 14.1. The molecular weight excluding hydrogens is 306 g/mol. The minimum atomic E-state index is -0.0331. The second-order valence-electron chi connectivity index (χ2n) is 7.13. The Morgan fingerprint density at radius 3 is 2.91 bits per heavy atom. The smallest absolute Gasteiger partial charge is 0.0999 e. The first-order valence-corrected chi connectivity index (χ1v) is 9.14. The highest BCUT2D eigenvalue weighted by molar-refractivity contribution is 6.30. The van der Waals surface area contributed by atoms with Crippen molar-refractivity contribution in [2.75, 3.05) is 6.54 Å². The van der Waals surface area contributed by atoms with Crippen molar-refractivity contribution in [3.05, 3.63) is 34.9 Å². The lowest BCUT2D eigenvalue weighted by molar-refractivity contribution is 0.241. The van der Waals surface area contributed by atoms with E-state index >= 15 is 0 Å². The van der Waals surface area contributed by atoms with Gasteiger partial charge < -0.3 is 5.73 Å². The van der Waals surface area contributed by atoms with E-state index in [0.717, 1.165) is 43.7 Å². The number of halogens is 1. The summed E-state index contributed by atoms with van der Waals surface area (Å²) in [6.45, 7) is 0.946. The van der Waals surface area contributed by atoms with E-state index in [0.29, 0.717) is 23.7 Å². The highest BCUT2D eigenvalue weighted by atomic mass is 35.5. The Balaban J connectivity index is 1.52. The lowest BCUT2D eigenvalue weighted by atomic mass is 9.69. The minimum Gasteiger partial charge on any atom is -0.310 e. The summed E-state index contributed by atoms with van der Waals surface area (Å²) >= 11 is 6.25. The van der Waals surface area contributed by atoms with Crippen LogP contribution >= 0.6 is 11.6 Å². The van der Waals surface area contributed by atoms with Gasteiger partial charge in [0.2, 0.25) is 0 Å². The van der Waals surface area contributed by atoms with E-state index in [1.807, 2.05) is 6.21 Å². The van der Waals surface area contributed by atoms with Crippen molar-refractivity contribution in [1.29, 1.82) is 0 Å². The van der Waals surface area contributed by atoms with Crippen LogP contribution in [-0.4, -0.2) is 24.6 Å². The lowest BCUT2D eigenvalue weighted by Crippen LogP contribution is -2.40. The van der Waals surface area contributed by atoms with Crippen LogP contribution in [0.5, 0.6) is 0 Å². The van der Waals surface area contributed by atoms with Crippen molar-refractivity contribution in [3.63, 3.8) is 0 Å². The number of aliphatic imine (C=N–C) groups is 2. The Kier molecular flexibility index (Phi) is 4.25. The van der Waals surface area contributed by atoms with Crippen molar-refractivity contribution in [1.82, 2.24) is 0 Å². The molecule has 0 spiro atoms. The molecule has 2 heterocycles. The predicted molar refractivity (Wildman–Crippen MR) is 97.0 cm³/mol. The number of rotatable bonds is 2. The zero-order chi connectivity index (χ0) is 15.8. The molecule has 3 nitrogen and oxygen atoms in total. The van der Waals surface area contributed by atoms with Crippen LogP contribution in [0.25, 0.3) is 0 Å². The van der Waals surface area contributed by atoms with Gasteiger partial charge in [-0.1, -0.05) is 35.9 Å². The summed E-state index contributed by atoms with van der Waals surface area (Å²) in [4.78, 5) is 9.29. The van der Waals surface area contributed by atoms with Crippen LogP contribution in [0.2, 0.25) is 0 Å². The Labute approximate surface area is 143 Å². The summed E-state index contributed by atoms with van der Waals surface area (Å²) < 4.78 is 0. The Hall–Kier alpha value is -1.19. The molecular formula is C19H24ClN3. The third-order valence-corrected chi connectivity index (χ3v) is 6.06. The second-order valence-corrected chi connectivity index (χ2v) is 7.61. The zero-order valence-electron chi connectivity index (χ0n) is 13.4. The molecule has 0 radical (unpaired) electrons. The van der Waals surface area contributed by atoms with Gasteiger partial charge in [-0.2, -0.15) is 0 Å². The number of nitrogens with two attached hydrogens (primary N) is 1. The highest BCUT2D eigenvalue weighted by Gasteiger charge is 2.38. The first-order valence-electron chi connectivity index (χ1n) is 8.76. The van der Waals surface area contributed by atoms with E-state index in [1.54, 1.807) is 0 Å². The molecule has 0 bridgehead atoms.